The number of imide groups is 2. The molecule has 0 aromatic heterocycles. The van der Waals surface area contributed by atoms with Gasteiger partial charge in [0.25, 0.3) is 11.8 Å². The van der Waals surface area contributed by atoms with Gasteiger partial charge in [-0.1, -0.05) is 104 Å². The number of carbonyl (C=O) groups is 8. The standard InChI is InChI=1S/C28H32N4O5.C15H20BrNO.C13H13N3O4.4H2S/c1-17(2)23-11-8-18-6-4-5-7-20(18)15-31(23)24(33)16-32-25(34)28(37-27(32)36)13-12-19-14-21(9-10-22(19)28)30-26(35)29-3;1-11(2)14-8-7-12-5-3-4-6-13(12)10-17(14)15(18)9-16;1-14-11(18)15-8-2-3-9-7(6-8)4-5-13(9)10(17)16-12(19)20-13;;;;/h4-7,9-10,14,17,23H,8,11-13,15-16H2,1-3H3,(H2,29,30,35);3-6,11,14H,7-10H2,1-2H3;2-3,6H,4-5H2,1H3,(H2,14,15,18)(H,16,17,19);4*1H2/t23-,28-;14-;13-;;;;/m000..../s1. The number of urea groups is 2. The lowest BCUT2D eigenvalue weighted by Crippen LogP contribution is -2.48. The average molecular weight is 1230 g/mol. The fourth-order valence-electron chi connectivity index (χ4n) is 11.3. The Morgan fingerprint density at radius 2 is 1.05 bits per heavy atom. The number of alkyl halides is 1. The van der Waals surface area contributed by atoms with Crippen LogP contribution in [-0.2, 0) is 78.6 Å². The molecule has 2 spiro atoms. The lowest BCUT2D eigenvalue weighted by atomic mass is 9.94. The van der Waals surface area contributed by atoms with Crippen LogP contribution in [0.5, 0.6) is 0 Å². The number of anilines is 2. The number of nitrogens with one attached hydrogen (secondary N) is 5. The van der Waals surface area contributed by atoms with Crippen molar-refractivity contribution in [1.82, 2.24) is 30.7 Å². The van der Waals surface area contributed by atoms with Crippen LogP contribution in [0.3, 0.4) is 0 Å². The number of benzene rings is 4. The van der Waals surface area contributed by atoms with Gasteiger partial charge in [0, 0.05) is 74.6 Å². The van der Waals surface area contributed by atoms with Crippen LogP contribution in [0.4, 0.5) is 30.6 Å². The first-order chi connectivity index (χ1) is 35.9. The molecule has 5 N–H and O–H groups in total. The molecule has 0 unspecified atom stereocenters. The summed E-state index contributed by atoms with van der Waals surface area (Å²) in [5.74, 6) is -0.264. The molecule has 428 valence electrons. The highest BCUT2D eigenvalue weighted by Gasteiger charge is 2.59. The average Bonchev–Trinajstić information content (AvgIpc) is 4.24. The number of nitrogens with zero attached hydrogens (tertiary/aromatic N) is 3. The Morgan fingerprint density at radius 3 is 1.48 bits per heavy atom. The van der Waals surface area contributed by atoms with Crippen LogP contribution in [-0.4, -0.2) is 101 Å². The van der Waals surface area contributed by atoms with Gasteiger partial charge in [-0.25, -0.2) is 24.1 Å². The van der Waals surface area contributed by atoms with Crippen LogP contribution >= 0.6 is 69.9 Å². The highest BCUT2D eigenvalue weighted by atomic mass is 79.9. The van der Waals surface area contributed by atoms with Crippen molar-refractivity contribution in [3.63, 3.8) is 0 Å². The van der Waals surface area contributed by atoms with E-state index in [-0.39, 0.29) is 96.4 Å². The molecule has 2 saturated heterocycles. The van der Waals surface area contributed by atoms with E-state index in [1.165, 1.54) is 30.8 Å². The van der Waals surface area contributed by atoms with Gasteiger partial charge in [0.2, 0.25) is 23.0 Å². The van der Waals surface area contributed by atoms with E-state index in [4.69, 9.17) is 9.47 Å². The first-order valence-corrected chi connectivity index (χ1v) is 26.7. The van der Waals surface area contributed by atoms with Crippen molar-refractivity contribution in [3.05, 3.63) is 129 Å². The molecule has 4 aliphatic heterocycles. The monoisotopic (exact) mass is 1220 g/mol. The second kappa shape index (κ2) is 28.0. The number of ether oxygens (including phenoxy) is 2. The summed E-state index contributed by atoms with van der Waals surface area (Å²) in [6, 6.07) is 26.6. The molecule has 0 radical (unpaired) electrons. The molecule has 10 amide bonds. The van der Waals surface area contributed by atoms with Crippen LogP contribution in [0.25, 0.3) is 0 Å². The molecule has 23 heteroatoms. The number of amides is 10. The van der Waals surface area contributed by atoms with Gasteiger partial charge in [0.05, 0.1) is 5.33 Å². The van der Waals surface area contributed by atoms with Gasteiger partial charge in [-0.05, 0) is 108 Å². The topological polar surface area (TPSA) is 225 Å². The van der Waals surface area contributed by atoms with Crippen molar-refractivity contribution in [3.8, 4) is 0 Å². The first kappa shape index (κ1) is 65.6. The van der Waals surface area contributed by atoms with E-state index >= 15 is 0 Å². The summed E-state index contributed by atoms with van der Waals surface area (Å²) in [6.45, 7) is 9.44. The number of carbonyl (C=O) groups excluding carboxylic acids is 8. The number of fused-ring (bicyclic) bond motifs is 6. The van der Waals surface area contributed by atoms with Crippen LogP contribution in [0, 0.1) is 11.8 Å². The minimum Gasteiger partial charge on any atom is -0.427 e. The molecule has 2 aliphatic carbocycles. The Bertz CT molecular complexity index is 2930. The lowest BCUT2D eigenvalue weighted by Gasteiger charge is -2.34. The second-order valence-corrected chi connectivity index (χ2v) is 20.9. The number of rotatable bonds is 7. The molecule has 0 saturated carbocycles. The van der Waals surface area contributed by atoms with E-state index in [9.17, 15) is 38.4 Å². The smallest absolute Gasteiger partial charge is 0.418 e. The number of hydrogen-bond acceptors (Lipinski definition) is 10. The molecule has 10 rings (SSSR count). The van der Waals surface area contributed by atoms with E-state index in [1.54, 1.807) is 36.4 Å². The highest BCUT2D eigenvalue weighted by molar-refractivity contribution is 9.09. The minimum absolute atomic E-state index is 0. The summed E-state index contributed by atoms with van der Waals surface area (Å²) in [5.41, 5.74) is 6.61. The Morgan fingerprint density at radius 1 is 0.608 bits per heavy atom. The van der Waals surface area contributed by atoms with Gasteiger partial charge in [-0.3, -0.25) is 24.5 Å². The second-order valence-electron chi connectivity index (χ2n) is 20.3. The predicted molar refractivity (Wildman–Crippen MR) is 325 cm³/mol. The number of aryl methyl sites for hydroxylation is 4. The fourth-order valence-corrected chi connectivity index (χ4v) is 11.6. The molecule has 18 nitrogen and oxygen atoms in total. The summed E-state index contributed by atoms with van der Waals surface area (Å²) in [4.78, 5) is 103. The van der Waals surface area contributed by atoms with Gasteiger partial charge < -0.3 is 40.5 Å². The van der Waals surface area contributed by atoms with Crippen molar-refractivity contribution in [2.45, 2.75) is 115 Å². The van der Waals surface area contributed by atoms with E-state index in [1.807, 2.05) is 28.0 Å². The fraction of sp³-hybridized carbons (Fsp3) is 0.429. The maximum atomic E-state index is 13.6. The highest BCUT2D eigenvalue weighted by Crippen LogP contribution is 2.47. The van der Waals surface area contributed by atoms with E-state index in [0.717, 1.165) is 53.8 Å². The summed E-state index contributed by atoms with van der Waals surface area (Å²) in [6.07, 6.45) is 4.17. The first-order valence-electron chi connectivity index (χ1n) is 25.5. The van der Waals surface area contributed by atoms with Crippen molar-refractivity contribution in [2.75, 3.05) is 36.6 Å². The van der Waals surface area contributed by atoms with Gasteiger partial charge >= 0.3 is 24.2 Å². The Balaban J connectivity index is 0.000000272. The van der Waals surface area contributed by atoms with Crippen LogP contribution < -0.4 is 26.6 Å². The third kappa shape index (κ3) is 13.8. The van der Waals surface area contributed by atoms with E-state index in [0.29, 0.717) is 72.0 Å². The molecule has 4 aromatic carbocycles. The Kier molecular flexibility index (Phi) is 23.3. The van der Waals surface area contributed by atoms with Crippen molar-refractivity contribution >= 4 is 129 Å². The summed E-state index contributed by atoms with van der Waals surface area (Å²) in [5, 5.41) is 12.9. The maximum absolute atomic E-state index is 13.6. The summed E-state index contributed by atoms with van der Waals surface area (Å²) < 4.78 is 10.9. The number of hydrogen-bond donors (Lipinski definition) is 5. The van der Waals surface area contributed by atoms with Crippen molar-refractivity contribution in [2.24, 2.45) is 11.8 Å². The van der Waals surface area contributed by atoms with Crippen LogP contribution in [0.2, 0.25) is 0 Å². The number of halogens is 1. The molecule has 4 atom stereocenters. The zero-order chi connectivity index (χ0) is 53.8. The van der Waals surface area contributed by atoms with Crippen LogP contribution in [0.15, 0.2) is 84.9 Å². The lowest BCUT2D eigenvalue weighted by molar-refractivity contribution is -0.143. The maximum Gasteiger partial charge on any atom is 0.418 e. The zero-order valence-corrected chi connectivity index (χ0v) is 50.8. The molecule has 4 heterocycles. The predicted octanol–water partition coefficient (Wildman–Crippen LogP) is 8.24. The third-order valence-corrected chi connectivity index (χ3v) is 15.7. The molecule has 2 fully saturated rings. The molecule has 0 bridgehead atoms. The SMILES string of the molecule is CC(C)[C@@H]1CCc2ccccc2CN1C(=O)CBr.CNC(=O)Nc1ccc2c(c1)CC[C@]21OC(=O)N(CC(=O)N2Cc3ccccc3CC[C@H]2C(C)C)C1=O.CNC(=O)Nc1ccc2c(c1)CC[C@]21OC(=O)NC1=O.S.S.S.S. The molecule has 79 heavy (non-hydrogen) atoms. The minimum atomic E-state index is -1.43. The molecule has 4 aromatic rings. The normalized spacial score (nSPS) is 20.9. The van der Waals surface area contributed by atoms with Gasteiger partial charge in [-0.2, -0.15) is 54.0 Å². The molecular formula is C56H73BrN8O10S4. The summed E-state index contributed by atoms with van der Waals surface area (Å²) in [7, 11) is 3.05. The largest absolute Gasteiger partial charge is 0.427 e. The number of alkyl carbamates (subject to hydrolysis) is 1. The quantitative estimate of drug-likeness (QED) is 0.111. The van der Waals surface area contributed by atoms with Gasteiger partial charge in [0.15, 0.2) is 0 Å². The van der Waals surface area contributed by atoms with Crippen molar-refractivity contribution < 1.29 is 47.8 Å². The van der Waals surface area contributed by atoms with Gasteiger partial charge in [0.1, 0.15) is 6.54 Å². The van der Waals surface area contributed by atoms with E-state index in [2.05, 4.69) is 101 Å². The van der Waals surface area contributed by atoms with Crippen molar-refractivity contribution in [1.29, 1.82) is 0 Å². The van der Waals surface area contributed by atoms with Gasteiger partial charge in [-0.15, -0.1) is 0 Å². The van der Waals surface area contributed by atoms with E-state index < -0.39 is 35.2 Å². The van der Waals surface area contributed by atoms with Crippen LogP contribution in [0.1, 0.15) is 97.9 Å². The Labute approximate surface area is 497 Å². The summed E-state index contributed by atoms with van der Waals surface area (Å²) >= 11 is 3.30. The zero-order valence-electron chi connectivity index (χ0n) is 45.2. The Hall–Kier alpha value is -5.88. The molecule has 6 aliphatic rings. The molecular weight excluding hydrogens is 1150 g/mol. The third-order valence-electron chi connectivity index (χ3n) is 15.2.